The highest BCUT2D eigenvalue weighted by molar-refractivity contribution is 5.83. The molecular formula is C19H30O. The fourth-order valence-corrected chi connectivity index (χ4v) is 5.67. The lowest BCUT2D eigenvalue weighted by molar-refractivity contribution is -0.141. The van der Waals surface area contributed by atoms with Gasteiger partial charge in [0.25, 0.3) is 0 Å². The average molecular weight is 274 g/mol. The molecule has 2 fully saturated rings. The molecule has 3 rings (SSSR count). The van der Waals surface area contributed by atoms with Crippen LogP contribution in [0, 0.1) is 41.4 Å². The van der Waals surface area contributed by atoms with E-state index in [1.807, 2.05) is 0 Å². The van der Waals surface area contributed by atoms with Crippen LogP contribution in [-0.2, 0) is 4.79 Å². The van der Waals surface area contributed by atoms with Gasteiger partial charge in [0, 0.05) is 12.3 Å². The Bertz CT molecular complexity index is 419. The molecule has 6 unspecified atom stereocenters. The van der Waals surface area contributed by atoms with Gasteiger partial charge in [-0.1, -0.05) is 32.4 Å². The Hall–Kier alpha value is -0.590. The summed E-state index contributed by atoms with van der Waals surface area (Å²) in [5, 5.41) is 0. The molecule has 0 saturated heterocycles. The Morgan fingerprint density at radius 3 is 2.65 bits per heavy atom. The van der Waals surface area contributed by atoms with Crippen LogP contribution in [0.5, 0.6) is 0 Å². The van der Waals surface area contributed by atoms with Crippen LogP contribution < -0.4 is 0 Å². The number of hydrogen-bond donors (Lipinski definition) is 0. The van der Waals surface area contributed by atoms with E-state index in [1.165, 1.54) is 24.8 Å². The minimum Gasteiger partial charge on any atom is -0.299 e. The van der Waals surface area contributed by atoms with Crippen LogP contribution in [0.1, 0.15) is 59.8 Å². The smallest absolute Gasteiger partial charge is 0.136 e. The molecular weight excluding hydrogens is 244 g/mol. The summed E-state index contributed by atoms with van der Waals surface area (Å²) >= 11 is 0. The molecule has 0 aromatic rings. The van der Waals surface area contributed by atoms with Gasteiger partial charge in [-0.15, -0.1) is 0 Å². The molecule has 0 aliphatic heterocycles. The number of carbonyl (C=O) groups excluding carboxylic acids is 1. The van der Waals surface area contributed by atoms with E-state index in [2.05, 4.69) is 33.8 Å². The third kappa shape index (κ3) is 2.18. The largest absolute Gasteiger partial charge is 0.299 e. The van der Waals surface area contributed by atoms with Crippen LogP contribution >= 0.6 is 0 Å². The van der Waals surface area contributed by atoms with E-state index < -0.39 is 0 Å². The quantitative estimate of drug-likeness (QED) is 0.624. The summed E-state index contributed by atoms with van der Waals surface area (Å²) in [6.07, 6.45) is 7.92. The number of rotatable bonds is 1. The van der Waals surface area contributed by atoms with Crippen molar-refractivity contribution in [3.8, 4) is 0 Å². The molecule has 6 atom stereocenters. The second kappa shape index (κ2) is 5.31. The van der Waals surface area contributed by atoms with E-state index in [9.17, 15) is 4.79 Å². The van der Waals surface area contributed by atoms with Crippen molar-refractivity contribution in [3.63, 3.8) is 0 Å². The minimum absolute atomic E-state index is 0.414. The zero-order valence-corrected chi connectivity index (χ0v) is 13.6. The van der Waals surface area contributed by atoms with E-state index >= 15 is 0 Å². The lowest BCUT2D eigenvalue weighted by atomic mass is 9.51. The first-order valence-electron chi connectivity index (χ1n) is 8.69. The first-order valence-corrected chi connectivity index (χ1v) is 8.69. The number of hydrogen-bond acceptors (Lipinski definition) is 1. The molecule has 0 amide bonds. The van der Waals surface area contributed by atoms with Crippen molar-refractivity contribution in [2.24, 2.45) is 41.4 Å². The second-order valence-electron chi connectivity index (χ2n) is 8.06. The van der Waals surface area contributed by atoms with E-state index in [1.54, 1.807) is 0 Å². The predicted molar refractivity (Wildman–Crippen MR) is 83.3 cm³/mol. The molecule has 0 bridgehead atoms. The molecule has 1 nitrogen and oxygen atoms in total. The fourth-order valence-electron chi connectivity index (χ4n) is 5.67. The van der Waals surface area contributed by atoms with Crippen molar-refractivity contribution in [1.29, 1.82) is 0 Å². The zero-order valence-electron chi connectivity index (χ0n) is 13.6. The Morgan fingerprint density at radius 1 is 1.20 bits per heavy atom. The van der Waals surface area contributed by atoms with E-state index in [4.69, 9.17) is 0 Å². The van der Waals surface area contributed by atoms with Crippen LogP contribution in [0.3, 0.4) is 0 Å². The summed E-state index contributed by atoms with van der Waals surface area (Å²) in [5.74, 6) is 5.66. The first kappa shape index (κ1) is 14.4. The highest BCUT2D eigenvalue weighted by atomic mass is 16.1. The molecule has 0 aromatic carbocycles. The SMILES string of the molecule is C/C1=C/CCC(=O)C2C(CC1)C1C(C)CC(C(C)C)C21. The number of ketones is 1. The molecule has 0 spiro atoms. The second-order valence-corrected chi connectivity index (χ2v) is 8.06. The van der Waals surface area contributed by atoms with Crippen molar-refractivity contribution in [1.82, 2.24) is 0 Å². The van der Waals surface area contributed by atoms with Crippen molar-refractivity contribution in [2.45, 2.75) is 59.8 Å². The molecule has 1 heteroatoms. The third-order valence-corrected chi connectivity index (χ3v) is 6.59. The molecule has 3 aliphatic rings. The summed E-state index contributed by atoms with van der Waals surface area (Å²) in [5.41, 5.74) is 1.51. The summed E-state index contributed by atoms with van der Waals surface area (Å²) in [6, 6.07) is 0. The summed E-state index contributed by atoms with van der Waals surface area (Å²) in [7, 11) is 0. The van der Waals surface area contributed by atoms with Crippen molar-refractivity contribution < 1.29 is 4.79 Å². The molecule has 112 valence electrons. The Kier molecular flexibility index (Phi) is 3.81. The first-order chi connectivity index (χ1) is 9.50. The monoisotopic (exact) mass is 274 g/mol. The van der Waals surface area contributed by atoms with Crippen molar-refractivity contribution in [3.05, 3.63) is 11.6 Å². The Morgan fingerprint density at radius 2 is 1.95 bits per heavy atom. The van der Waals surface area contributed by atoms with Gasteiger partial charge < -0.3 is 0 Å². The zero-order chi connectivity index (χ0) is 14.4. The van der Waals surface area contributed by atoms with Gasteiger partial charge in [0.2, 0.25) is 0 Å². The van der Waals surface area contributed by atoms with Gasteiger partial charge in [-0.2, -0.15) is 0 Å². The minimum atomic E-state index is 0.414. The van der Waals surface area contributed by atoms with E-state index in [-0.39, 0.29) is 0 Å². The maximum absolute atomic E-state index is 12.7. The third-order valence-electron chi connectivity index (χ3n) is 6.59. The molecule has 2 saturated carbocycles. The van der Waals surface area contributed by atoms with E-state index in [0.29, 0.717) is 17.6 Å². The number of allylic oxidation sites excluding steroid dienone is 2. The fraction of sp³-hybridized carbons (Fsp3) is 0.842. The van der Waals surface area contributed by atoms with Crippen molar-refractivity contribution in [2.75, 3.05) is 0 Å². The molecule has 0 N–H and O–H groups in total. The maximum Gasteiger partial charge on any atom is 0.136 e. The highest BCUT2D eigenvalue weighted by Gasteiger charge is 2.60. The van der Waals surface area contributed by atoms with Crippen molar-refractivity contribution >= 4 is 5.78 Å². The van der Waals surface area contributed by atoms with Crippen LogP contribution in [0.2, 0.25) is 0 Å². The average Bonchev–Trinajstić information content (AvgIpc) is 2.64. The lowest BCUT2D eigenvalue weighted by Crippen LogP contribution is -2.52. The number of Topliss-reactive ketones (excluding diaryl/α,β-unsaturated/α-hetero) is 1. The maximum atomic E-state index is 12.7. The molecule has 3 aliphatic carbocycles. The number of fused-ring (bicyclic) bond motifs is 4. The van der Waals surface area contributed by atoms with Crippen LogP contribution in [0.25, 0.3) is 0 Å². The van der Waals surface area contributed by atoms with Gasteiger partial charge in [-0.05, 0) is 68.1 Å². The lowest BCUT2D eigenvalue weighted by Gasteiger charge is -2.52. The summed E-state index contributed by atoms with van der Waals surface area (Å²) in [6.45, 7) is 9.41. The molecule has 20 heavy (non-hydrogen) atoms. The highest BCUT2D eigenvalue weighted by Crippen LogP contribution is 2.63. The Balaban J connectivity index is 1.84. The van der Waals surface area contributed by atoms with Gasteiger partial charge >= 0.3 is 0 Å². The van der Waals surface area contributed by atoms with Gasteiger partial charge in [-0.3, -0.25) is 4.79 Å². The number of carbonyl (C=O) groups is 1. The van der Waals surface area contributed by atoms with E-state index in [0.717, 1.165) is 42.4 Å². The van der Waals surface area contributed by atoms with Gasteiger partial charge in [0.1, 0.15) is 5.78 Å². The molecule has 0 heterocycles. The predicted octanol–water partition coefficient (Wildman–Crippen LogP) is 4.87. The van der Waals surface area contributed by atoms with Crippen LogP contribution in [0.15, 0.2) is 11.6 Å². The van der Waals surface area contributed by atoms with Gasteiger partial charge in [0.05, 0.1) is 0 Å². The van der Waals surface area contributed by atoms with Gasteiger partial charge in [-0.25, -0.2) is 0 Å². The van der Waals surface area contributed by atoms with Crippen LogP contribution in [0.4, 0.5) is 0 Å². The van der Waals surface area contributed by atoms with Gasteiger partial charge in [0.15, 0.2) is 0 Å². The standard InChI is InChI=1S/C19H30O/c1-11(2)15-10-13(4)17-14-9-8-12(3)6-5-7-16(20)18(14)19(15)17/h6,11,13-15,17-19H,5,7-10H2,1-4H3/b12-6-. The molecule has 0 radical (unpaired) electrons. The normalized spacial score (nSPS) is 47.5. The summed E-state index contributed by atoms with van der Waals surface area (Å²) in [4.78, 5) is 12.7. The Labute approximate surface area is 124 Å². The molecule has 0 aromatic heterocycles. The summed E-state index contributed by atoms with van der Waals surface area (Å²) < 4.78 is 0. The topological polar surface area (TPSA) is 17.1 Å². The van der Waals surface area contributed by atoms with Crippen LogP contribution in [-0.4, -0.2) is 5.78 Å².